The summed E-state index contributed by atoms with van der Waals surface area (Å²) >= 11 is 0. The van der Waals surface area contributed by atoms with Crippen molar-refractivity contribution in [1.82, 2.24) is 9.38 Å². The Bertz CT molecular complexity index is 424. The Labute approximate surface area is 91.0 Å². The molecule has 0 aromatic carbocycles. The molecule has 2 nitrogen and oxygen atoms in total. The molecule has 0 radical (unpaired) electrons. The molecular weight excluding hydrogens is 184 g/mol. The van der Waals surface area contributed by atoms with Crippen molar-refractivity contribution in [3.63, 3.8) is 0 Å². The van der Waals surface area contributed by atoms with E-state index in [0.29, 0.717) is 11.8 Å². The van der Waals surface area contributed by atoms with E-state index in [-0.39, 0.29) is 0 Å². The summed E-state index contributed by atoms with van der Waals surface area (Å²) in [7, 11) is 0. The number of hydrogen-bond acceptors (Lipinski definition) is 1. The molecule has 0 unspecified atom stereocenters. The molecule has 0 fully saturated rings. The van der Waals surface area contributed by atoms with Crippen LogP contribution in [0.5, 0.6) is 0 Å². The van der Waals surface area contributed by atoms with E-state index in [1.54, 1.807) is 0 Å². The van der Waals surface area contributed by atoms with Gasteiger partial charge in [0.25, 0.3) is 0 Å². The van der Waals surface area contributed by atoms with Crippen LogP contribution in [-0.2, 0) is 0 Å². The van der Waals surface area contributed by atoms with Gasteiger partial charge in [0.1, 0.15) is 0 Å². The number of rotatable bonds is 2. The molecule has 0 bridgehead atoms. The molecule has 2 heterocycles. The number of hydrogen-bond donors (Lipinski definition) is 0. The fraction of sp³-hybridized carbons (Fsp3) is 0.462. The highest BCUT2D eigenvalue weighted by atomic mass is 14.9. The minimum Gasteiger partial charge on any atom is -0.317 e. The average Bonchev–Trinajstić information content (AvgIpc) is 2.63. The minimum absolute atomic E-state index is 0.476. The van der Waals surface area contributed by atoms with E-state index in [2.05, 4.69) is 55.4 Å². The van der Waals surface area contributed by atoms with E-state index in [1.165, 1.54) is 16.9 Å². The second-order valence-corrected chi connectivity index (χ2v) is 4.64. The zero-order valence-corrected chi connectivity index (χ0v) is 9.86. The van der Waals surface area contributed by atoms with Crippen LogP contribution in [0.15, 0.2) is 24.5 Å². The molecule has 0 saturated carbocycles. The quantitative estimate of drug-likeness (QED) is 0.727. The van der Waals surface area contributed by atoms with Crippen molar-refractivity contribution in [3.8, 4) is 0 Å². The summed E-state index contributed by atoms with van der Waals surface area (Å²) in [4.78, 5) is 4.58. The summed E-state index contributed by atoms with van der Waals surface area (Å²) in [5.74, 6) is 0.984. The minimum atomic E-state index is 0.476. The molecule has 0 amide bonds. The molecule has 0 spiro atoms. The first kappa shape index (κ1) is 10.2. The maximum absolute atomic E-state index is 4.58. The Morgan fingerprint density at radius 2 is 1.87 bits per heavy atom. The van der Waals surface area contributed by atoms with Gasteiger partial charge in [-0.2, -0.15) is 0 Å². The highest BCUT2D eigenvalue weighted by Crippen LogP contribution is 2.23. The molecule has 2 rings (SSSR count). The van der Waals surface area contributed by atoms with E-state index in [1.807, 2.05) is 6.20 Å². The van der Waals surface area contributed by atoms with Gasteiger partial charge in [-0.1, -0.05) is 27.7 Å². The van der Waals surface area contributed by atoms with Crippen molar-refractivity contribution in [2.24, 2.45) is 0 Å². The molecular formula is C13H18N2. The zero-order chi connectivity index (χ0) is 11.0. The smallest absolute Gasteiger partial charge is 0.0671 e. The summed E-state index contributed by atoms with van der Waals surface area (Å²) in [5, 5.41) is 0. The van der Waals surface area contributed by atoms with Crippen LogP contribution in [0.2, 0.25) is 0 Å². The second kappa shape index (κ2) is 3.69. The maximum atomic E-state index is 4.58. The van der Waals surface area contributed by atoms with Crippen LogP contribution in [0.4, 0.5) is 0 Å². The summed E-state index contributed by atoms with van der Waals surface area (Å²) in [6, 6.07) is 4.24. The van der Waals surface area contributed by atoms with Crippen LogP contribution in [0, 0.1) is 0 Å². The Hall–Kier alpha value is -1.31. The topological polar surface area (TPSA) is 17.3 Å². The van der Waals surface area contributed by atoms with Crippen LogP contribution in [-0.4, -0.2) is 9.38 Å². The molecule has 0 aliphatic rings. The Morgan fingerprint density at radius 3 is 2.47 bits per heavy atom. The molecule has 2 aromatic heterocycles. The van der Waals surface area contributed by atoms with E-state index in [0.717, 1.165) is 0 Å². The highest BCUT2D eigenvalue weighted by molar-refractivity contribution is 5.54. The fourth-order valence-electron chi connectivity index (χ4n) is 1.95. The lowest BCUT2D eigenvalue weighted by Crippen LogP contribution is -2.04. The Morgan fingerprint density at radius 1 is 1.13 bits per heavy atom. The first-order valence-corrected chi connectivity index (χ1v) is 5.57. The van der Waals surface area contributed by atoms with Gasteiger partial charge in [0, 0.05) is 18.1 Å². The third kappa shape index (κ3) is 1.65. The normalized spacial score (nSPS) is 11.9. The summed E-state index contributed by atoms with van der Waals surface area (Å²) in [6.45, 7) is 8.77. The van der Waals surface area contributed by atoms with E-state index in [4.69, 9.17) is 0 Å². The lowest BCUT2D eigenvalue weighted by atomic mass is 10.1. The molecule has 0 saturated heterocycles. The molecule has 0 N–H and O–H groups in total. The average molecular weight is 202 g/mol. The monoisotopic (exact) mass is 202 g/mol. The maximum Gasteiger partial charge on any atom is 0.0671 e. The summed E-state index contributed by atoms with van der Waals surface area (Å²) in [5.41, 5.74) is 3.71. The van der Waals surface area contributed by atoms with Crippen molar-refractivity contribution < 1.29 is 0 Å². The predicted molar refractivity (Wildman–Crippen MR) is 63.4 cm³/mol. The van der Waals surface area contributed by atoms with Gasteiger partial charge in [0.05, 0.1) is 11.2 Å². The molecule has 15 heavy (non-hydrogen) atoms. The number of fused-ring (bicyclic) bond motifs is 1. The lowest BCUT2D eigenvalue weighted by Gasteiger charge is -2.13. The first-order chi connectivity index (χ1) is 7.11. The summed E-state index contributed by atoms with van der Waals surface area (Å²) in [6.07, 6.45) is 4.13. The third-order valence-corrected chi connectivity index (χ3v) is 2.76. The van der Waals surface area contributed by atoms with Gasteiger partial charge in [-0.05, 0) is 24.0 Å². The van der Waals surface area contributed by atoms with Crippen LogP contribution in [0.3, 0.4) is 0 Å². The van der Waals surface area contributed by atoms with E-state index in [9.17, 15) is 0 Å². The van der Waals surface area contributed by atoms with Gasteiger partial charge in [-0.25, -0.2) is 0 Å². The third-order valence-electron chi connectivity index (χ3n) is 2.76. The number of aromatic nitrogens is 2. The van der Waals surface area contributed by atoms with Crippen LogP contribution in [0.1, 0.15) is 50.9 Å². The largest absolute Gasteiger partial charge is 0.317 e. The van der Waals surface area contributed by atoms with Crippen LogP contribution >= 0.6 is 0 Å². The predicted octanol–water partition coefficient (Wildman–Crippen LogP) is 3.58. The first-order valence-electron chi connectivity index (χ1n) is 5.57. The molecule has 2 aromatic rings. The van der Waals surface area contributed by atoms with Crippen molar-refractivity contribution in [1.29, 1.82) is 0 Å². The van der Waals surface area contributed by atoms with Crippen molar-refractivity contribution >= 4 is 5.52 Å². The van der Waals surface area contributed by atoms with Crippen molar-refractivity contribution in [2.45, 2.75) is 39.5 Å². The highest BCUT2D eigenvalue weighted by Gasteiger charge is 2.11. The molecule has 0 aliphatic carbocycles. The summed E-state index contributed by atoms with van der Waals surface area (Å²) < 4.78 is 2.26. The van der Waals surface area contributed by atoms with Gasteiger partial charge < -0.3 is 4.40 Å². The van der Waals surface area contributed by atoms with Crippen molar-refractivity contribution in [3.05, 3.63) is 35.9 Å². The Kier molecular flexibility index (Phi) is 2.51. The van der Waals surface area contributed by atoms with Gasteiger partial charge in [-0.15, -0.1) is 0 Å². The van der Waals surface area contributed by atoms with Gasteiger partial charge in [-0.3, -0.25) is 4.98 Å². The van der Waals surface area contributed by atoms with E-state index < -0.39 is 0 Å². The van der Waals surface area contributed by atoms with Gasteiger partial charge in [0.15, 0.2) is 0 Å². The molecule has 80 valence electrons. The van der Waals surface area contributed by atoms with Crippen LogP contribution < -0.4 is 0 Å². The fourth-order valence-corrected chi connectivity index (χ4v) is 1.95. The van der Waals surface area contributed by atoms with Gasteiger partial charge in [0.2, 0.25) is 0 Å². The standard InChI is InChI=1S/C13H18N2/c1-9(2)12-8-14-13(10(3)4)11-6-5-7-15(11)12/h5-10H,1-4H3. The molecule has 0 aliphatic heterocycles. The second-order valence-electron chi connectivity index (χ2n) is 4.64. The molecule has 2 heteroatoms. The van der Waals surface area contributed by atoms with E-state index >= 15 is 0 Å². The number of nitrogens with zero attached hydrogens (tertiary/aromatic N) is 2. The SMILES string of the molecule is CC(C)c1ncc(C(C)C)n2cccc12. The van der Waals surface area contributed by atoms with Gasteiger partial charge >= 0.3 is 0 Å². The van der Waals surface area contributed by atoms with Crippen molar-refractivity contribution in [2.75, 3.05) is 0 Å². The molecule has 0 atom stereocenters. The zero-order valence-electron chi connectivity index (χ0n) is 9.86. The lowest BCUT2D eigenvalue weighted by molar-refractivity contribution is 0.762. The van der Waals surface area contributed by atoms with Crippen LogP contribution in [0.25, 0.3) is 5.52 Å². The Balaban J connectivity index is 2.71.